The molecule has 5 nitrogen and oxygen atoms in total. The summed E-state index contributed by atoms with van der Waals surface area (Å²) < 4.78 is 0. The predicted molar refractivity (Wildman–Crippen MR) is 127 cm³/mol. The smallest absolute Gasteiger partial charge is 0.0884 e. The van der Waals surface area contributed by atoms with Crippen LogP contribution in [-0.2, 0) is 0 Å². The van der Waals surface area contributed by atoms with Crippen LogP contribution < -0.4 is 0 Å². The van der Waals surface area contributed by atoms with E-state index in [4.69, 9.17) is 0 Å². The summed E-state index contributed by atoms with van der Waals surface area (Å²) in [5.74, 6) is 2.05. The van der Waals surface area contributed by atoms with E-state index in [1.54, 1.807) is 0 Å². The lowest BCUT2D eigenvalue weighted by Gasteiger charge is -2.09. The van der Waals surface area contributed by atoms with Gasteiger partial charge in [0, 0.05) is 0 Å². The van der Waals surface area contributed by atoms with Crippen LogP contribution in [-0.4, -0.2) is 22.0 Å². The Bertz CT molecular complexity index is 500. The minimum absolute atomic E-state index is 0. The number of H-pyrrole nitrogens is 1. The third kappa shape index (κ3) is 11.4. The summed E-state index contributed by atoms with van der Waals surface area (Å²) in [7, 11) is 0. The van der Waals surface area contributed by atoms with Crippen LogP contribution >= 0.6 is 0 Å². The summed E-state index contributed by atoms with van der Waals surface area (Å²) >= 11 is 0. The van der Waals surface area contributed by atoms with Crippen LogP contribution in [0, 0.1) is 11.8 Å². The summed E-state index contributed by atoms with van der Waals surface area (Å²) in [5, 5.41) is 19.0. The summed E-state index contributed by atoms with van der Waals surface area (Å²) in [6.45, 7) is 26.1. The Morgan fingerprint density at radius 2 is 1.04 bits per heavy atom. The Morgan fingerprint density at radius 1 is 0.643 bits per heavy atom. The van der Waals surface area contributed by atoms with E-state index in [2.05, 4.69) is 81.0 Å². The standard InChI is InChI=1S/C9H16N2.C8H15N3.2C2H6.2CH4/c1-6(2)8-5-10-11-9(8)7(3)4;1-5(2)7-8(6(3)4)10-11-9-7;2*1-2;;/h6-7H,5H2,1-4H3;5-6H,1-4H3,(H,9,10,11);2*1-2H3;2*1H4. The minimum Gasteiger partial charge on any atom is -0.197 e. The maximum absolute atomic E-state index is 4.14. The van der Waals surface area contributed by atoms with Crippen molar-refractivity contribution in [3.05, 3.63) is 22.7 Å². The number of hydrogen-bond acceptors (Lipinski definition) is 4. The lowest BCUT2D eigenvalue weighted by Crippen LogP contribution is -2.01. The molecule has 1 aliphatic heterocycles. The number of nitrogens with zero attached hydrogens (tertiary/aromatic N) is 4. The molecule has 5 heteroatoms. The van der Waals surface area contributed by atoms with Crippen molar-refractivity contribution in [1.29, 1.82) is 0 Å². The molecule has 1 aliphatic rings. The molecule has 0 saturated carbocycles. The second-order valence-corrected chi connectivity index (χ2v) is 7.02. The monoisotopic (exact) mass is 397 g/mol. The van der Waals surface area contributed by atoms with Crippen molar-refractivity contribution in [2.24, 2.45) is 22.1 Å². The molecule has 0 atom stereocenters. The number of azo groups is 1. The van der Waals surface area contributed by atoms with Crippen molar-refractivity contribution in [2.75, 3.05) is 6.54 Å². The average molecular weight is 398 g/mol. The van der Waals surface area contributed by atoms with Crippen LogP contribution in [0.3, 0.4) is 0 Å². The van der Waals surface area contributed by atoms with E-state index in [1.165, 1.54) is 11.3 Å². The normalized spacial score (nSPS) is 11.9. The molecule has 168 valence electrons. The van der Waals surface area contributed by atoms with Gasteiger partial charge in [-0.3, -0.25) is 0 Å². The van der Waals surface area contributed by atoms with E-state index in [0.29, 0.717) is 23.7 Å². The van der Waals surface area contributed by atoms with E-state index < -0.39 is 0 Å². The maximum atomic E-state index is 4.14. The van der Waals surface area contributed by atoms with Crippen LogP contribution in [0.1, 0.15) is 121 Å². The highest BCUT2D eigenvalue weighted by atomic mass is 15.3. The molecule has 0 saturated heterocycles. The Hall–Kier alpha value is -1.52. The molecule has 0 unspecified atom stereocenters. The minimum atomic E-state index is 0. The Kier molecular flexibility index (Phi) is 22.9. The SMILES string of the molecule is C.C.CC.CC.CC(C)C1=C(C(C)C)N=NC1.CC(C)c1n[nH]nc1C(C)C. The topological polar surface area (TPSA) is 66.3 Å². The Labute approximate surface area is 176 Å². The zero-order valence-electron chi connectivity index (χ0n) is 19.3. The molecule has 0 amide bonds. The molecular weight excluding hydrogens is 346 g/mol. The molecule has 28 heavy (non-hydrogen) atoms. The van der Waals surface area contributed by atoms with Crippen LogP contribution in [0.5, 0.6) is 0 Å². The van der Waals surface area contributed by atoms with Gasteiger partial charge in [0.2, 0.25) is 0 Å². The summed E-state index contributed by atoms with van der Waals surface area (Å²) in [4.78, 5) is 0. The molecule has 1 N–H and O–H groups in total. The first kappa shape index (κ1) is 34.0. The number of aromatic nitrogens is 3. The molecule has 2 rings (SSSR count). The Morgan fingerprint density at radius 3 is 1.29 bits per heavy atom. The van der Waals surface area contributed by atoms with E-state index in [-0.39, 0.29) is 14.9 Å². The van der Waals surface area contributed by atoms with Gasteiger partial charge in [-0.2, -0.15) is 25.6 Å². The zero-order valence-corrected chi connectivity index (χ0v) is 19.3. The molecule has 1 aromatic heterocycles. The fourth-order valence-electron chi connectivity index (χ4n) is 2.39. The quantitative estimate of drug-likeness (QED) is 0.554. The van der Waals surface area contributed by atoms with Crippen LogP contribution in [0.15, 0.2) is 21.5 Å². The van der Waals surface area contributed by atoms with Gasteiger partial charge >= 0.3 is 0 Å². The van der Waals surface area contributed by atoms with Crippen LogP contribution in [0.25, 0.3) is 0 Å². The Balaban J connectivity index is -0.000000165. The van der Waals surface area contributed by atoms with Crippen molar-refractivity contribution >= 4 is 0 Å². The number of allylic oxidation sites excluding steroid dienone is 1. The van der Waals surface area contributed by atoms with E-state index >= 15 is 0 Å². The fourth-order valence-corrected chi connectivity index (χ4v) is 2.39. The van der Waals surface area contributed by atoms with Crippen LogP contribution in [0.4, 0.5) is 0 Å². The summed E-state index contributed by atoms with van der Waals surface area (Å²) in [6, 6.07) is 0. The molecule has 0 radical (unpaired) electrons. The molecule has 0 aromatic carbocycles. The van der Waals surface area contributed by atoms with E-state index in [1.807, 2.05) is 27.7 Å². The van der Waals surface area contributed by atoms with Crippen LogP contribution in [0.2, 0.25) is 0 Å². The van der Waals surface area contributed by atoms with Gasteiger partial charge in [0.25, 0.3) is 0 Å². The lowest BCUT2D eigenvalue weighted by atomic mass is 9.97. The van der Waals surface area contributed by atoms with Gasteiger partial charge in [-0.1, -0.05) is 97.9 Å². The highest BCUT2D eigenvalue weighted by Gasteiger charge is 2.17. The molecule has 1 aromatic rings. The molecular formula is C23H51N5. The van der Waals surface area contributed by atoms with Crippen molar-refractivity contribution in [1.82, 2.24) is 15.4 Å². The number of hydrogen-bond donors (Lipinski definition) is 1. The number of nitrogens with one attached hydrogen (secondary N) is 1. The van der Waals surface area contributed by atoms with Gasteiger partial charge in [0.15, 0.2) is 0 Å². The average Bonchev–Trinajstić information content (AvgIpc) is 3.28. The lowest BCUT2D eigenvalue weighted by molar-refractivity contribution is 0.695. The maximum Gasteiger partial charge on any atom is 0.0884 e. The van der Waals surface area contributed by atoms with Crippen molar-refractivity contribution in [3.63, 3.8) is 0 Å². The van der Waals surface area contributed by atoms with Gasteiger partial charge < -0.3 is 0 Å². The van der Waals surface area contributed by atoms with Crippen molar-refractivity contribution in [3.8, 4) is 0 Å². The fraction of sp³-hybridized carbons (Fsp3) is 0.826. The number of rotatable bonds is 4. The molecule has 0 fully saturated rings. The summed E-state index contributed by atoms with van der Waals surface area (Å²) in [5.41, 5.74) is 4.82. The number of aromatic amines is 1. The first-order valence-electron chi connectivity index (χ1n) is 10.3. The third-order valence-electron chi connectivity index (χ3n) is 3.69. The molecule has 2 heterocycles. The molecule has 0 bridgehead atoms. The van der Waals surface area contributed by atoms with Gasteiger partial charge in [0.05, 0.1) is 23.6 Å². The van der Waals surface area contributed by atoms with Gasteiger partial charge in [0.1, 0.15) is 0 Å². The highest BCUT2D eigenvalue weighted by molar-refractivity contribution is 5.21. The van der Waals surface area contributed by atoms with E-state index in [9.17, 15) is 0 Å². The summed E-state index contributed by atoms with van der Waals surface area (Å²) in [6.07, 6.45) is 0. The highest BCUT2D eigenvalue weighted by Crippen LogP contribution is 2.27. The van der Waals surface area contributed by atoms with Gasteiger partial charge in [-0.25, -0.2) is 0 Å². The third-order valence-corrected chi connectivity index (χ3v) is 3.69. The predicted octanol–water partition coefficient (Wildman–Crippen LogP) is 8.39. The van der Waals surface area contributed by atoms with E-state index in [0.717, 1.165) is 17.9 Å². The molecule has 0 aliphatic carbocycles. The van der Waals surface area contributed by atoms with Gasteiger partial charge in [-0.05, 0) is 29.2 Å². The van der Waals surface area contributed by atoms with Crippen molar-refractivity contribution < 1.29 is 0 Å². The second-order valence-electron chi connectivity index (χ2n) is 7.02. The van der Waals surface area contributed by atoms with Gasteiger partial charge in [-0.15, -0.1) is 0 Å². The zero-order chi connectivity index (χ0) is 20.9. The first-order chi connectivity index (χ1) is 12.3. The second kappa shape index (κ2) is 18.8. The van der Waals surface area contributed by atoms with Crippen molar-refractivity contribution in [2.45, 2.75) is 110 Å². The molecule has 0 spiro atoms. The first-order valence-corrected chi connectivity index (χ1v) is 10.3. The largest absolute Gasteiger partial charge is 0.197 e.